The minimum absolute atomic E-state index is 0.0721. The Morgan fingerprint density at radius 3 is 2.56 bits per heavy atom. The van der Waals surface area contributed by atoms with E-state index >= 15 is 0 Å². The first-order valence-corrected chi connectivity index (χ1v) is 5.05. The molecule has 1 N–H and O–H groups in total. The van der Waals surface area contributed by atoms with Gasteiger partial charge in [0.2, 0.25) is 0 Å². The highest BCUT2D eigenvalue weighted by molar-refractivity contribution is 5.87. The number of aromatic carboxylic acids is 1. The molecule has 0 atom stereocenters. The summed E-state index contributed by atoms with van der Waals surface area (Å²) in [4.78, 5) is 20.6. The molecule has 1 aromatic carbocycles. The van der Waals surface area contributed by atoms with Crippen LogP contribution >= 0.6 is 0 Å². The molecule has 0 saturated carbocycles. The van der Waals surface area contributed by atoms with Gasteiger partial charge in [0, 0.05) is 0 Å². The average molecular weight is 247 g/mol. The van der Waals surface area contributed by atoms with Gasteiger partial charge in [-0.2, -0.15) is 5.10 Å². The molecule has 2 aromatic rings. The maximum atomic E-state index is 10.7. The van der Waals surface area contributed by atoms with Crippen molar-refractivity contribution in [2.24, 2.45) is 0 Å². The van der Waals surface area contributed by atoms with Crippen LogP contribution in [0.25, 0.3) is 0 Å². The van der Waals surface area contributed by atoms with Gasteiger partial charge in [0.1, 0.15) is 12.4 Å². The summed E-state index contributed by atoms with van der Waals surface area (Å²) in [6, 6.07) is 6.26. The fourth-order valence-electron chi connectivity index (χ4n) is 1.47. The van der Waals surface area contributed by atoms with Crippen LogP contribution in [0.4, 0.5) is 5.69 Å². The third kappa shape index (κ3) is 2.51. The molecule has 0 spiro atoms. The van der Waals surface area contributed by atoms with Crippen LogP contribution in [-0.4, -0.2) is 25.8 Å². The van der Waals surface area contributed by atoms with E-state index in [-0.39, 0.29) is 11.3 Å². The summed E-state index contributed by atoms with van der Waals surface area (Å²) < 4.78 is 1.42. The van der Waals surface area contributed by atoms with Gasteiger partial charge in [-0.3, -0.25) is 14.8 Å². The van der Waals surface area contributed by atoms with E-state index in [9.17, 15) is 14.9 Å². The first-order chi connectivity index (χ1) is 8.56. The maximum Gasteiger partial charge on any atom is 0.335 e. The summed E-state index contributed by atoms with van der Waals surface area (Å²) in [7, 11) is 0. The van der Waals surface area contributed by atoms with E-state index in [4.69, 9.17) is 5.11 Å². The minimum Gasteiger partial charge on any atom is -0.478 e. The molecule has 0 radical (unpaired) electrons. The second kappa shape index (κ2) is 4.66. The van der Waals surface area contributed by atoms with Crippen LogP contribution in [-0.2, 0) is 6.54 Å². The van der Waals surface area contributed by atoms with Crippen molar-refractivity contribution < 1.29 is 14.8 Å². The van der Waals surface area contributed by atoms with Crippen LogP contribution in [0.1, 0.15) is 15.9 Å². The Labute approximate surface area is 101 Å². The topological polar surface area (TPSA) is 98.3 Å². The Hall–Kier alpha value is -2.70. The smallest absolute Gasteiger partial charge is 0.335 e. The minimum atomic E-state index is -0.990. The van der Waals surface area contributed by atoms with Crippen LogP contribution in [0.15, 0.2) is 36.7 Å². The zero-order chi connectivity index (χ0) is 13.1. The monoisotopic (exact) mass is 247 g/mol. The molecule has 0 aliphatic heterocycles. The van der Waals surface area contributed by atoms with Crippen molar-refractivity contribution in [3.05, 3.63) is 57.9 Å². The third-order valence-corrected chi connectivity index (χ3v) is 2.38. The van der Waals surface area contributed by atoms with Crippen molar-refractivity contribution in [3.8, 4) is 0 Å². The molecule has 7 nitrogen and oxygen atoms in total. The lowest BCUT2D eigenvalue weighted by atomic mass is 10.1. The van der Waals surface area contributed by atoms with Crippen LogP contribution in [0, 0.1) is 10.1 Å². The van der Waals surface area contributed by atoms with E-state index in [0.29, 0.717) is 6.54 Å². The van der Waals surface area contributed by atoms with Crippen molar-refractivity contribution >= 4 is 11.7 Å². The predicted molar refractivity (Wildman–Crippen MR) is 61.4 cm³/mol. The molecular weight excluding hydrogens is 238 g/mol. The Bertz CT molecular complexity index is 589. The third-order valence-electron chi connectivity index (χ3n) is 2.38. The van der Waals surface area contributed by atoms with Crippen LogP contribution in [0.3, 0.4) is 0 Å². The van der Waals surface area contributed by atoms with Gasteiger partial charge in [0.15, 0.2) is 0 Å². The summed E-state index contributed by atoms with van der Waals surface area (Å²) in [5.74, 6) is -0.990. The molecule has 18 heavy (non-hydrogen) atoms. The molecule has 0 aliphatic rings. The van der Waals surface area contributed by atoms with Crippen LogP contribution < -0.4 is 0 Å². The first-order valence-electron chi connectivity index (χ1n) is 5.05. The number of carbonyl (C=O) groups is 1. The van der Waals surface area contributed by atoms with E-state index in [1.807, 2.05) is 0 Å². The van der Waals surface area contributed by atoms with Gasteiger partial charge in [-0.15, -0.1) is 0 Å². The number of nitrogens with zero attached hydrogens (tertiary/aromatic N) is 3. The van der Waals surface area contributed by atoms with Crippen molar-refractivity contribution in [2.75, 3.05) is 0 Å². The number of rotatable bonds is 4. The normalized spacial score (nSPS) is 10.2. The van der Waals surface area contributed by atoms with Crippen LogP contribution in [0.2, 0.25) is 0 Å². The molecule has 1 heterocycles. The molecule has 0 aliphatic carbocycles. The molecular formula is C11H9N3O4. The molecule has 1 aromatic heterocycles. The van der Waals surface area contributed by atoms with Gasteiger partial charge in [0.25, 0.3) is 0 Å². The number of aromatic nitrogens is 2. The molecule has 92 valence electrons. The number of benzene rings is 1. The molecule has 0 bridgehead atoms. The summed E-state index contributed by atoms with van der Waals surface area (Å²) in [6.45, 7) is 0.355. The highest BCUT2D eigenvalue weighted by atomic mass is 16.6. The van der Waals surface area contributed by atoms with Gasteiger partial charge in [-0.25, -0.2) is 4.79 Å². The number of hydrogen-bond acceptors (Lipinski definition) is 4. The lowest BCUT2D eigenvalue weighted by Gasteiger charge is -2.01. The second-order valence-electron chi connectivity index (χ2n) is 3.66. The van der Waals surface area contributed by atoms with Crippen molar-refractivity contribution in [2.45, 2.75) is 6.54 Å². The fourth-order valence-corrected chi connectivity index (χ4v) is 1.47. The lowest BCUT2D eigenvalue weighted by Crippen LogP contribution is -2.01. The van der Waals surface area contributed by atoms with E-state index in [2.05, 4.69) is 5.10 Å². The zero-order valence-electron chi connectivity index (χ0n) is 9.18. The van der Waals surface area contributed by atoms with Crippen molar-refractivity contribution in [3.63, 3.8) is 0 Å². The molecule has 0 amide bonds. The highest BCUT2D eigenvalue weighted by Gasteiger charge is 2.09. The Morgan fingerprint density at radius 1 is 1.39 bits per heavy atom. The molecule has 7 heteroatoms. The number of carboxylic acid groups (broad SMARTS) is 1. The van der Waals surface area contributed by atoms with Gasteiger partial charge < -0.3 is 5.11 Å². The average Bonchev–Trinajstić information content (AvgIpc) is 2.78. The van der Waals surface area contributed by atoms with E-state index in [1.165, 1.54) is 29.2 Å². The second-order valence-corrected chi connectivity index (χ2v) is 3.66. The lowest BCUT2D eigenvalue weighted by molar-refractivity contribution is -0.385. The van der Waals surface area contributed by atoms with Gasteiger partial charge in [-0.1, -0.05) is 12.1 Å². The molecule has 2 rings (SSSR count). The maximum absolute atomic E-state index is 10.7. The number of nitro groups is 1. The van der Waals surface area contributed by atoms with Gasteiger partial charge in [-0.05, 0) is 17.7 Å². The van der Waals surface area contributed by atoms with Crippen molar-refractivity contribution in [1.82, 2.24) is 9.78 Å². The van der Waals surface area contributed by atoms with Crippen LogP contribution in [0.5, 0.6) is 0 Å². The SMILES string of the molecule is O=C(O)c1ccc(Cn2cc([N+](=O)[O-])cn2)cc1. The summed E-state index contributed by atoms with van der Waals surface area (Å²) in [5.41, 5.74) is 0.945. The largest absolute Gasteiger partial charge is 0.478 e. The molecule has 0 saturated heterocycles. The zero-order valence-corrected chi connectivity index (χ0v) is 9.18. The Balaban J connectivity index is 2.13. The molecule has 0 unspecified atom stereocenters. The van der Waals surface area contributed by atoms with Gasteiger partial charge in [0.05, 0.1) is 17.0 Å². The number of hydrogen-bond donors (Lipinski definition) is 1. The highest BCUT2D eigenvalue weighted by Crippen LogP contribution is 2.11. The molecule has 0 fully saturated rings. The van der Waals surface area contributed by atoms with E-state index < -0.39 is 10.9 Å². The van der Waals surface area contributed by atoms with Gasteiger partial charge >= 0.3 is 11.7 Å². The van der Waals surface area contributed by atoms with E-state index in [1.54, 1.807) is 12.1 Å². The number of carboxylic acids is 1. The summed E-state index contributed by atoms with van der Waals surface area (Å²) in [5, 5.41) is 23.1. The first kappa shape index (κ1) is 11.8. The van der Waals surface area contributed by atoms with E-state index in [0.717, 1.165) is 5.56 Å². The Morgan fingerprint density at radius 2 is 2.06 bits per heavy atom. The summed E-state index contributed by atoms with van der Waals surface area (Å²) in [6.07, 6.45) is 2.50. The quantitative estimate of drug-likeness (QED) is 0.652. The standard InChI is InChI=1S/C11H9N3O4/c15-11(16)9-3-1-8(2-4-9)6-13-7-10(5-12-13)14(17)18/h1-5,7H,6H2,(H,15,16). The predicted octanol–water partition coefficient (Wildman–Crippen LogP) is 1.54. The van der Waals surface area contributed by atoms with Crippen molar-refractivity contribution in [1.29, 1.82) is 0 Å². The fraction of sp³-hybridized carbons (Fsp3) is 0.0909. The Kier molecular flexibility index (Phi) is 3.05. The summed E-state index contributed by atoms with van der Waals surface area (Å²) >= 11 is 0.